The summed E-state index contributed by atoms with van der Waals surface area (Å²) >= 11 is 0. The Kier molecular flexibility index (Phi) is 5.36. The Morgan fingerprint density at radius 1 is 1.07 bits per heavy atom. The van der Waals surface area contributed by atoms with E-state index in [2.05, 4.69) is 39.0 Å². The molecule has 2 heterocycles. The van der Waals surface area contributed by atoms with E-state index in [-0.39, 0.29) is 5.43 Å². The maximum Gasteiger partial charge on any atom is 0.337 e. The van der Waals surface area contributed by atoms with Gasteiger partial charge in [-0.3, -0.25) is 9.69 Å². The van der Waals surface area contributed by atoms with E-state index in [1.54, 1.807) is 18.2 Å². The number of hydrogen-bond donors (Lipinski definition) is 1. The number of nitrogens with one attached hydrogen (secondary N) is 1. The van der Waals surface area contributed by atoms with Crippen molar-refractivity contribution in [3.63, 3.8) is 0 Å². The summed E-state index contributed by atoms with van der Waals surface area (Å²) in [6.45, 7) is 6.19. The third-order valence-corrected chi connectivity index (χ3v) is 5.61. The maximum atomic E-state index is 13.2. The highest BCUT2D eigenvalue weighted by Crippen LogP contribution is 2.18. The quantitative estimate of drug-likeness (QED) is 0.693. The highest BCUT2D eigenvalue weighted by Gasteiger charge is 2.20. The van der Waals surface area contributed by atoms with Crippen molar-refractivity contribution in [3.05, 3.63) is 75.6 Å². The summed E-state index contributed by atoms with van der Waals surface area (Å²) in [4.78, 5) is 33.0. The van der Waals surface area contributed by atoms with Gasteiger partial charge in [-0.2, -0.15) is 0 Å². The molecule has 6 nitrogen and oxygen atoms in total. The number of esters is 1. The Bertz CT molecular complexity index is 1080. The van der Waals surface area contributed by atoms with Crippen LogP contribution in [-0.4, -0.2) is 49.1 Å². The number of aromatic amines is 1. The lowest BCUT2D eigenvalue weighted by Gasteiger charge is -2.36. The molecule has 1 aliphatic rings. The molecule has 1 N–H and O–H groups in total. The number of rotatable bonds is 4. The molecule has 1 saturated heterocycles. The Labute approximate surface area is 169 Å². The van der Waals surface area contributed by atoms with Gasteiger partial charge in [-0.1, -0.05) is 18.2 Å². The van der Waals surface area contributed by atoms with Crippen LogP contribution in [0.15, 0.2) is 53.3 Å². The topological polar surface area (TPSA) is 65.6 Å². The molecule has 3 aromatic rings. The van der Waals surface area contributed by atoms with E-state index in [1.165, 1.54) is 12.8 Å². The van der Waals surface area contributed by atoms with E-state index >= 15 is 0 Å². The largest absolute Gasteiger partial charge is 0.465 e. The number of H-pyrrole nitrogens is 1. The molecule has 4 rings (SSSR count). The van der Waals surface area contributed by atoms with E-state index in [0.29, 0.717) is 17.5 Å². The number of pyridine rings is 1. The first-order valence-corrected chi connectivity index (χ1v) is 9.83. The third kappa shape index (κ3) is 3.89. The molecular weight excluding hydrogens is 366 g/mol. The predicted octanol–water partition coefficient (Wildman–Crippen LogP) is 2.95. The van der Waals surface area contributed by atoms with Gasteiger partial charge in [0.1, 0.15) is 0 Å². The van der Waals surface area contributed by atoms with Crippen molar-refractivity contribution in [1.82, 2.24) is 9.88 Å². The number of hydrogen-bond acceptors (Lipinski definition) is 5. The molecular formula is C23H25N3O3. The summed E-state index contributed by atoms with van der Waals surface area (Å²) in [5.74, 6) is -0.439. The molecule has 0 aliphatic carbocycles. The number of nitrogens with zero attached hydrogens (tertiary/aromatic N) is 2. The number of carbonyl (C=O) groups excluding carboxylic acids is 1. The van der Waals surface area contributed by atoms with Gasteiger partial charge in [0.15, 0.2) is 5.43 Å². The Morgan fingerprint density at radius 3 is 2.48 bits per heavy atom. The van der Waals surface area contributed by atoms with Gasteiger partial charge >= 0.3 is 5.97 Å². The van der Waals surface area contributed by atoms with Crippen molar-refractivity contribution in [2.75, 3.05) is 38.2 Å². The number of aromatic nitrogens is 1. The van der Waals surface area contributed by atoms with Gasteiger partial charge in [-0.25, -0.2) is 4.79 Å². The van der Waals surface area contributed by atoms with Gasteiger partial charge in [0.25, 0.3) is 0 Å². The second kappa shape index (κ2) is 8.09. The first-order valence-electron chi connectivity index (χ1n) is 9.83. The molecule has 1 aromatic heterocycles. The first kappa shape index (κ1) is 19.2. The molecule has 1 aliphatic heterocycles. The van der Waals surface area contributed by atoms with Crippen LogP contribution in [0.2, 0.25) is 0 Å². The van der Waals surface area contributed by atoms with Gasteiger partial charge in [0.2, 0.25) is 0 Å². The molecule has 0 spiro atoms. The number of benzene rings is 2. The molecule has 0 unspecified atom stereocenters. The number of anilines is 1. The fourth-order valence-corrected chi connectivity index (χ4v) is 3.91. The molecule has 29 heavy (non-hydrogen) atoms. The molecule has 0 radical (unpaired) electrons. The van der Waals surface area contributed by atoms with E-state index in [1.807, 2.05) is 13.0 Å². The third-order valence-electron chi connectivity index (χ3n) is 5.61. The molecule has 0 amide bonds. The van der Waals surface area contributed by atoms with Crippen LogP contribution < -0.4 is 10.3 Å². The summed E-state index contributed by atoms with van der Waals surface area (Å²) < 4.78 is 4.78. The van der Waals surface area contributed by atoms with E-state index in [4.69, 9.17) is 4.74 Å². The second-order valence-corrected chi connectivity index (χ2v) is 7.41. The normalized spacial score (nSPS) is 14.9. The van der Waals surface area contributed by atoms with Crippen molar-refractivity contribution >= 4 is 22.6 Å². The lowest BCUT2D eigenvalue weighted by atomic mass is 10.1. The first-order chi connectivity index (χ1) is 14.1. The zero-order valence-electron chi connectivity index (χ0n) is 16.8. The standard InChI is InChI=1S/C23H25N3O3/c1-16-20(15-25-10-12-26(13-11-25)18-6-4-3-5-7-18)22(27)19-14-17(23(28)29-2)8-9-21(19)24-16/h3-9,14H,10-13,15H2,1-2H3,(H,24,27). The van der Waals surface area contributed by atoms with E-state index in [0.717, 1.165) is 43.0 Å². The average Bonchev–Trinajstić information content (AvgIpc) is 2.77. The second-order valence-electron chi connectivity index (χ2n) is 7.41. The predicted molar refractivity (Wildman–Crippen MR) is 115 cm³/mol. The minimum Gasteiger partial charge on any atom is -0.465 e. The number of methoxy groups -OCH3 is 1. The summed E-state index contributed by atoms with van der Waals surface area (Å²) in [6.07, 6.45) is 0. The van der Waals surface area contributed by atoms with Crippen LogP contribution in [0.3, 0.4) is 0 Å². The van der Waals surface area contributed by atoms with Crippen LogP contribution in [0.1, 0.15) is 21.6 Å². The van der Waals surface area contributed by atoms with Gasteiger partial charge in [-0.05, 0) is 37.3 Å². The van der Waals surface area contributed by atoms with Gasteiger partial charge in [-0.15, -0.1) is 0 Å². The molecule has 1 fully saturated rings. The smallest absolute Gasteiger partial charge is 0.337 e. The summed E-state index contributed by atoms with van der Waals surface area (Å²) in [5, 5.41) is 0.524. The van der Waals surface area contributed by atoms with E-state index in [9.17, 15) is 9.59 Å². The van der Waals surface area contributed by atoms with Crippen LogP contribution in [0, 0.1) is 6.92 Å². The molecule has 0 atom stereocenters. The minimum atomic E-state index is -0.439. The van der Waals surface area contributed by atoms with E-state index < -0.39 is 5.97 Å². The molecule has 0 saturated carbocycles. The van der Waals surface area contributed by atoms with Gasteiger partial charge in [0.05, 0.1) is 12.7 Å². The molecule has 150 valence electrons. The van der Waals surface area contributed by atoms with Crippen molar-refractivity contribution in [2.45, 2.75) is 13.5 Å². The summed E-state index contributed by atoms with van der Waals surface area (Å²) in [6, 6.07) is 15.5. The molecule has 6 heteroatoms. The van der Waals surface area contributed by atoms with Crippen LogP contribution in [0.4, 0.5) is 5.69 Å². The van der Waals surface area contributed by atoms with Crippen molar-refractivity contribution in [3.8, 4) is 0 Å². The lowest BCUT2D eigenvalue weighted by Crippen LogP contribution is -2.46. The Balaban J connectivity index is 1.55. The van der Waals surface area contributed by atoms with Crippen molar-refractivity contribution < 1.29 is 9.53 Å². The fourth-order valence-electron chi connectivity index (χ4n) is 3.91. The Morgan fingerprint density at radius 2 is 1.79 bits per heavy atom. The van der Waals surface area contributed by atoms with Gasteiger partial charge in [0, 0.05) is 60.6 Å². The summed E-state index contributed by atoms with van der Waals surface area (Å²) in [5.41, 5.74) is 3.97. The lowest BCUT2D eigenvalue weighted by molar-refractivity contribution is 0.0601. The SMILES string of the molecule is COC(=O)c1ccc2[nH]c(C)c(CN3CCN(c4ccccc4)CC3)c(=O)c2c1. The number of fused-ring (bicyclic) bond motifs is 1. The number of para-hydroxylation sites is 1. The minimum absolute atomic E-state index is 0.0208. The van der Waals surface area contributed by atoms with Crippen LogP contribution in [0.5, 0.6) is 0 Å². The fraction of sp³-hybridized carbons (Fsp3) is 0.304. The van der Waals surface area contributed by atoms with Crippen molar-refractivity contribution in [2.24, 2.45) is 0 Å². The zero-order chi connectivity index (χ0) is 20.4. The monoisotopic (exact) mass is 391 g/mol. The number of carbonyl (C=O) groups is 1. The molecule has 0 bridgehead atoms. The maximum absolute atomic E-state index is 13.2. The Hall–Kier alpha value is -3.12. The summed E-state index contributed by atoms with van der Waals surface area (Å²) in [7, 11) is 1.34. The van der Waals surface area contributed by atoms with Crippen LogP contribution in [-0.2, 0) is 11.3 Å². The highest BCUT2D eigenvalue weighted by molar-refractivity contribution is 5.94. The zero-order valence-corrected chi connectivity index (χ0v) is 16.8. The molecule has 2 aromatic carbocycles. The van der Waals surface area contributed by atoms with Gasteiger partial charge < -0.3 is 14.6 Å². The average molecular weight is 391 g/mol. The number of aryl methyl sites for hydroxylation is 1. The van der Waals surface area contributed by atoms with Crippen LogP contribution >= 0.6 is 0 Å². The van der Waals surface area contributed by atoms with Crippen LogP contribution in [0.25, 0.3) is 10.9 Å². The number of ether oxygens (including phenoxy) is 1. The highest BCUT2D eigenvalue weighted by atomic mass is 16.5. The van der Waals surface area contributed by atoms with Crippen molar-refractivity contribution in [1.29, 1.82) is 0 Å². The number of piperazine rings is 1.